The summed E-state index contributed by atoms with van der Waals surface area (Å²) in [6, 6.07) is 8.89. The zero-order valence-electron chi connectivity index (χ0n) is 10.5. The first kappa shape index (κ1) is 12.9. The lowest BCUT2D eigenvalue weighted by molar-refractivity contribution is 0.508. The zero-order chi connectivity index (χ0) is 13.0. The topological polar surface area (TPSA) is 51.0 Å². The quantitative estimate of drug-likeness (QED) is 0.843. The summed E-state index contributed by atoms with van der Waals surface area (Å²) in [5.41, 5.74) is 2.42. The summed E-state index contributed by atoms with van der Waals surface area (Å²) < 4.78 is 5.42. The molecule has 0 saturated carbocycles. The van der Waals surface area contributed by atoms with Gasteiger partial charge in [-0.1, -0.05) is 34.9 Å². The van der Waals surface area contributed by atoms with E-state index in [-0.39, 0.29) is 6.04 Å². The molecule has 5 heteroatoms. The Bertz CT molecular complexity index is 495. The molecule has 0 fully saturated rings. The summed E-state index contributed by atoms with van der Waals surface area (Å²) >= 11 is 5.61. The van der Waals surface area contributed by atoms with Crippen molar-refractivity contribution in [3.05, 3.63) is 41.3 Å². The number of hydrogen-bond acceptors (Lipinski definition) is 4. The lowest BCUT2D eigenvalue weighted by Gasteiger charge is -2.12. The van der Waals surface area contributed by atoms with Crippen LogP contribution < -0.4 is 5.32 Å². The van der Waals surface area contributed by atoms with Crippen LogP contribution in [0.5, 0.6) is 0 Å². The van der Waals surface area contributed by atoms with Crippen molar-refractivity contribution in [2.75, 3.05) is 11.2 Å². The highest BCUT2D eigenvalue weighted by molar-refractivity contribution is 6.17. The maximum Gasteiger partial charge on any atom is 0.315 e. The van der Waals surface area contributed by atoms with Gasteiger partial charge in [0.1, 0.15) is 0 Å². The van der Waals surface area contributed by atoms with Crippen molar-refractivity contribution in [1.29, 1.82) is 0 Å². The van der Waals surface area contributed by atoms with Crippen LogP contribution in [0.3, 0.4) is 0 Å². The van der Waals surface area contributed by atoms with E-state index in [0.29, 0.717) is 24.2 Å². The minimum absolute atomic E-state index is 0.120. The van der Waals surface area contributed by atoms with Crippen molar-refractivity contribution < 1.29 is 4.42 Å². The van der Waals surface area contributed by atoms with E-state index in [1.54, 1.807) is 0 Å². The molecular weight excluding hydrogens is 250 g/mol. The molecule has 0 saturated heterocycles. The van der Waals surface area contributed by atoms with Crippen LogP contribution in [0, 0.1) is 6.92 Å². The van der Waals surface area contributed by atoms with Crippen LogP contribution in [0.15, 0.2) is 28.7 Å². The van der Waals surface area contributed by atoms with Gasteiger partial charge in [0.25, 0.3) is 0 Å². The number of benzene rings is 1. The summed E-state index contributed by atoms with van der Waals surface area (Å²) in [4.78, 5) is 0. The van der Waals surface area contributed by atoms with Crippen molar-refractivity contribution in [3.63, 3.8) is 0 Å². The largest absolute Gasteiger partial charge is 0.408 e. The molecular formula is C13H16ClN3O. The molecule has 96 valence electrons. The van der Waals surface area contributed by atoms with Gasteiger partial charge < -0.3 is 9.73 Å². The van der Waals surface area contributed by atoms with Gasteiger partial charge in [-0.15, -0.1) is 16.7 Å². The van der Waals surface area contributed by atoms with Gasteiger partial charge in [-0.05, 0) is 19.4 Å². The van der Waals surface area contributed by atoms with Gasteiger partial charge in [0, 0.05) is 12.3 Å². The van der Waals surface area contributed by atoms with Crippen LogP contribution in [-0.2, 0) is 6.42 Å². The number of halogens is 1. The molecule has 0 spiro atoms. The average Bonchev–Trinajstić information content (AvgIpc) is 2.78. The van der Waals surface area contributed by atoms with Crippen LogP contribution in [0.2, 0.25) is 0 Å². The SMILES string of the molecule is Cc1ccc(C(C)Nc2nnc(CCCl)o2)cc1. The predicted molar refractivity (Wildman–Crippen MR) is 71.9 cm³/mol. The summed E-state index contributed by atoms with van der Waals surface area (Å²) in [6.45, 7) is 4.12. The molecule has 0 aliphatic rings. The molecule has 0 aliphatic carbocycles. The van der Waals surface area contributed by atoms with Gasteiger partial charge in [0.05, 0.1) is 6.04 Å². The van der Waals surface area contributed by atoms with Gasteiger partial charge in [-0.2, -0.15) is 0 Å². The van der Waals surface area contributed by atoms with Gasteiger partial charge >= 0.3 is 6.01 Å². The molecule has 1 unspecified atom stereocenters. The van der Waals surface area contributed by atoms with Crippen LogP contribution in [0.1, 0.15) is 30.0 Å². The molecule has 0 bridgehead atoms. The molecule has 4 nitrogen and oxygen atoms in total. The van der Waals surface area contributed by atoms with Gasteiger partial charge in [-0.25, -0.2) is 0 Å². The number of hydrogen-bond donors (Lipinski definition) is 1. The molecule has 2 aromatic rings. The molecule has 0 amide bonds. The number of aryl methyl sites for hydroxylation is 2. The fourth-order valence-corrected chi connectivity index (χ4v) is 1.78. The molecule has 2 rings (SSSR count). The number of nitrogens with one attached hydrogen (secondary N) is 1. The lowest BCUT2D eigenvalue weighted by atomic mass is 10.1. The fourth-order valence-electron chi connectivity index (χ4n) is 1.62. The second kappa shape index (κ2) is 5.87. The Morgan fingerprint density at radius 3 is 2.67 bits per heavy atom. The number of rotatable bonds is 5. The summed E-state index contributed by atoms with van der Waals surface area (Å²) in [5.74, 6) is 1.04. The summed E-state index contributed by atoms with van der Waals surface area (Å²) in [5, 5.41) is 11.0. The molecule has 0 radical (unpaired) electrons. The molecule has 1 aromatic heterocycles. The Balaban J connectivity index is 2.01. The van der Waals surface area contributed by atoms with E-state index < -0.39 is 0 Å². The second-order valence-electron chi connectivity index (χ2n) is 4.22. The van der Waals surface area contributed by atoms with Crippen molar-refractivity contribution >= 4 is 17.6 Å². The van der Waals surface area contributed by atoms with E-state index in [1.165, 1.54) is 11.1 Å². The van der Waals surface area contributed by atoms with Gasteiger partial charge in [0.15, 0.2) is 0 Å². The number of nitrogens with zero attached hydrogens (tertiary/aromatic N) is 2. The van der Waals surface area contributed by atoms with E-state index in [0.717, 1.165) is 0 Å². The number of alkyl halides is 1. The third-order valence-electron chi connectivity index (χ3n) is 2.69. The fraction of sp³-hybridized carbons (Fsp3) is 0.385. The van der Waals surface area contributed by atoms with E-state index in [1.807, 2.05) is 0 Å². The van der Waals surface area contributed by atoms with Crippen molar-refractivity contribution in [1.82, 2.24) is 10.2 Å². The Kier molecular flexibility index (Phi) is 4.20. The highest BCUT2D eigenvalue weighted by Crippen LogP contribution is 2.18. The third-order valence-corrected chi connectivity index (χ3v) is 2.88. The Morgan fingerprint density at radius 1 is 1.28 bits per heavy atom. The molecule has 1 atom stereocenters. The number of aromatic nitrogens is 2. The van der Waals surface area contributed by atoms with E-state index in [4.69, 9.17) is 16.0 Å². The maximum absolute atomic E-state index is 5.61. The van der Waals surface area contributed by atoms with E-state index in [9.17, 15) is 0 Å². The molecule has 0 aliphatic heterocycles. The van der Waals surface area contributed by atoms with E-state index >= 15 is 0 Å². The van der Waals surface area contributed by atoms with Crippen molar-refractivity contribution in [2.45, 2.75) is 26.3 Å². The minimum Gasteiger partial charge on any atom is -0.408 e. The highest BCUT2D eigenvalue weighted by atomic mass is 35.5. The zero-order valence-corrected chi connectivity index (χ0v) is 11.2. The first-order valence-corrected chi connectivity index (χ1v) is 6.44. The van der Waals surface area contributed by atoms with Crippen molar-refractivity contribution in [3.8, 4) is 0 Å². The molecule has 18 heavy (non-hydrogen) atoms. The van der Waals surface area contributed by atoms with E-state index in [2.05, 4.69) is 53.6 Å². The second-order valence-corrected chi connectivity index (χ2v) is 4.59. The summed E-state index contributed by atoms with van der Waals surface area (Å²) in [6.07, 6.45) is 0.592. The van der Waals surface area contributed by atoms with Crippen LogP contribution >= 0.6 is 11.6 Å². The molecule has 1 aromatic carbocycles. The predicted octanol–water partition coefficient (Wildman–Crippen LogP) is 3.33. The van der Waals surface area contributed by atoms with Crippen LogP contribution in [-0.4, -0.2) is 16.1 Å². The smallest absolute Gasteiger partial charge is 0.315 e. The first-order chi connectivity index (χ1) is 8.69. The first-order valence-electron chi connectivity index (χ1n) is 5.90. The standard InChI is InChI=1S/C13H16ClN3O/c1-9-3-5-11(6-4-9)10(2)15-13-17-16-12(18-13)7-8-14/h3-6,10H,7-8H2,1-2H3,(H,15,17). The Hall–Kier alpha value is -1.55. The van der Waals surface area contributed by atoms with Crippen LogP contribution in [0.4, 0.5) is 6.01 Å². The van der Waals surface area contributed by atoms with Gasteiger partial charge in [-0.3, -0.25) is 0 Å². The monoisotopic (exact) mass is 265 g/mol. The molecule has 1 N–H and O–H groups in total. The van der Waals surface area contributed by atoms with Gasteiger partial charge in [0.2, 0.25) is 5.89 Å². The normalized spacial score (nSPS) is 12.4. The minimum atomic E-state index is 0.120. The Morgan fingerprint density at radius 2 is 2.00 bits per heavy atom. The van der Waals surface area contributed by atoms with Crippen LogP contribution in [0.25, 0.3) is 0 Å². The average molecular weight is 266 g/mol. The molecule has 1 heterocycles. The number of anilines is 1. The summed E-state index contributed by atoms with van der Waals surface area (Å²) in [7, 11) is 0. The maximum atomic E-state index is 5.61. The van der Waals surface area contributed by atoms with Crippen molar-refractivity contribution in [2.24, 2.45) is 0 Å². The Labute approximate surface area is 111 Å². The highest BCUT2D eigenvalue weighted by Gasteiger charge is 2.10. The lowest BCUT2D eigenvalue weighted by Crippen LogP contribution is -2.06. The third kappa shape index (κ3) is 3.23.